The van der Waals surface area contributed by atoms with Crippen molar-refractivity contribution in [3.05, 3.63) is 57.6 Å². The summed E-state index contributed by atoms with van der Waals surface area (Å²) in [6, 6.07) is 12.3. The highest BCUT2D eigenvalue weighted by atomic mass is 32.1. The average molecular weight is 439 g/mol. The first-order valence-electron chi connectivity index (χ1n) is 9.98. The van der Waals surface area contributed by atoms with Gasteiger partial charge in [0.15, 0.2) is 4.77 Å². The molecule has 0 aliphatic carbocycles. The Morgan fingerprint density at radius 1 is 1.23 bits per heavy atom. The number of carbonyl (C=O) groups is 2. The van der Waals surface area contributed by atoms with Crippen molar-refractivity contribution in [3.63, 3.8) is 0 Å². The largest absolute Gasteiger partial charge is 0.494 e. The molecule has 0 atom stereocenters. The SMILES string of the molecule is COc1cc(NC(=O)CCn2c(=S)[nH]c3ccccc3c2=O)ccc1N1CCCC1=O. The lowest BCUT2D eigenvalue weighted by molar-refractivity contribution is -0.117. The number of amides is 2. The van der Waals surface area contributed by atoms with E-state index in [1.165, 1.54) is 11.7 Å². The minimum absolute atomic E-state index is 0.0624. The van der Waals surface area contributed by atoms with Crippen LogP contribution < -0.4 is 20.5 Å². The number of aromatic amines is 1. The van der Waals surface area contributed by atoms with Crippen LogP contribution in [0.2, 0.25) is 0 Å². The first-order valence-corrected chi connectivity index (χ1v) is 10.4. The summed E-state index contributed by atoms with van der Waals surface area (Å²) in [7, 11) is 1.53. The molecule has 160 valence electrons. The zero-order valence-corrected chi connectivity index (χ0v) is 17.8. The van der Waals surface area contributed by atoms with Crippen molar-refractivity contribution in [1.82, 2.24) is 9.55 Å². The van der Waals surface area contributed by atoms with Gasteiger partial charge in [0, 0.05) is 37.7 Å². The number of rotatable bonds is 6. The summed E-state index contributed by atoms with van der Waals surface area (Å²) in [4.78, 5) is 41.9. The van der Waals surface area contributed by atoms with Crippen LogP contribution in [0.15, 0.2) is 47.3 Å². The van der Waals surface area contributed by atoms with E-state index >= 15 is 0 Å². The van der Waals surface area contributed by atoms with E-state index in [0.29, 0.717) is 41.0 Å². The number of H-pyrrole nitrogens is 1. The Labute approximate surface area is 183 Å². The third kappa shape index (κ3) is 4.22. The fraction of sp³-hybridized carbons (Fsp3) is 0.273. The zero-order valence-electron chi connectivity index (χ0n) is 17.0. The molecule has 9 heteroatoms. The third-order valence-electron chi connectivity index (χ3n) is 5.28. The molecule has 3 aromatic rings. The highest BCUT2D eigenvalue weighted by Crippen LogP contribution is 2.33. The van der Waals surface area contributed by atoms with Gasteiger partial charge in [-0.3, -0.25) is 19.0 Å². The Hall–Kier alpha value is -3.46. The molecule has 0 saturated carbocycles. The van der Waals surface area contributed by atoms with Crippen LogP contribution in [0.25, 0.3) is 10.9 Å². The maximum atomic E-state index is 12.7. The fourth-order valence-electron chi connectivity index (χ4n) is 3.72. The summed E-state index contributed by atoms with van der Waals surface area (Å²) < 4.78 is 7.09. The molecule has 1 aliphatic rings. The molecule has 8 nitrogen and oxygen atoms in total. The van der Waals surface area contributed by atoms with Gasteiger partial charge in [-0.25, -0.2) is 0 Å². The molecule has 4 rings (SSSR count). The van der Waals surface area contributed by atoms with Crippen molar-refractivity contribution in [2.24, 2.45) is 0 Å². The van der Waals surface area contributed by atoms with Crippen molar-refractivity contribution in [2.75, 3.05) is 23.9 Å². The summed E-state index contributed by atoms with van der Waals surface area (Å²) in [6.07, 6.45) is 1.42. The molecule has 0 unspecified atom stereocenters. The number of nitrogens with zero attached hydrogens (tertiary/aromatic N) is 2. The highest BCUT2D eigenvalue weighted by molar-refractivity contribution is 7.71. The van der Waals surface area contributed by atoms with Gasteiger partial charge >= 0.3 is 0 Å². The monoisotopic (exact) mass is 438 g/mol. The van der Waals surface area contributed by atoms with Crippen LogP contribution in [-0.2, 0) is 16.1 Å². The molecular formula is C22H22N4O4S. The fourth-order valence-corrected chi connectivity index (χ4v) is 4.00. The van der Waals surface area contributed by atoms with Gasteiger partial charge in [0.1, 0.15) is 5.75 Å². The van der Waals surface area contributed by atoms with Crippen LogP contribution in [0.3, 0.4) is 0 Å². The summed E-state index contributed by atoms with van der Waals surface area (Å²) in [5, 5.41) is 3.33. The van der Waals surface area contributed by atoms with Gasteiger partial charge in [0.25, 0.3) is 5.56 Å². The Morgan fingerprint density at radius 3 is 2.77 bits per heavy atom. The third-order valence-corrected chi connectivity index (χ3v) is 5.60. The van der Waals surface area contributed by atoms with Gasteiger partial charge in [0.05, 0.1) is 23.7 Å². The van der Waals surface area contributed by atoms with E-state index in [-0.39, 0.29) is 35.1 Å². The standard InChI is InChI=1S/C22H22N4O4S/c1-30-18-13-14(8-9-17(18)25-11-4-7-20(25)28)23-19(27)10-12-26-21(29)15-5-2-3-6-16(15)24-22(26)31/h2-3,5-6,8-9,13H,4,7,10-12H2,1H3,(H,23,27)(H,24,31). The molecule has 0 spiro atoms. The van der Waals surface area contributed by atoms with Gasteiger partial charge in [0.2, 0.25) is 11.8 Å². The molecule has 31 heavy (non-hydrogen) atoms. The normalized spacial score (nSPS) is 13.6. The van der Waals surface area contributed by atoms with Crippen LogP contribution in [0, 0.1) is 4.77 Å². The van der Waals surface area contributed by atoms with Crippen LogP contribution in [0.4, 0.5) is 11.4 Å². The minimum atomic E-state index is -0.262. The van der Waals surface area contributed by atoms with Crippen LogP contribution in [0.1, 0.15) is 19.3 Å². The predicted molar refractivity (Wildman–Crippen MR) is 121 cm³/mol. The lowest BCUT2D eigenvalue weighted by atomic mass is 10.2. The van der Waals surface area contributed by atoms with E-state index in [0.717, 1.165) is 6.42 Å². The predicted octanol–water partition coefficient (Wildman–Crippen LogP) is 3.22. The molecule has 2 N–H and O–H groups in total. The number of aromatic nitrogens is 2. The van der Waals surface area contributed by atoms with Crippen LogP contribution in [0.5, 0.6) is 5.75 Å². The quantitative estimate of drug-likeness (QED) is 0.576. The number of hydrogen-bond donors (Lipinski definition) is 2. The Balaban J connectivity index is 1.47. The maximum Gasteiger partial charge on any atom is 0.262 e. The Bertz CT molecular complexity index is 1280. The lowest BCUT2D eigenvalue weighted by Gasteiger charge is -2.19. The number of ether oxygens (including phenoxy) is 1. The van der Waals surface area contributed by atoms with Gasteiger partial charge in [-0.05, 0) is 42.9 Å². The van der Waals surface area contributed by atoms with Gasteiger partial charge in [-0.15, -0.1) is 0 Å². The van der Waals surface area contributed by atoms with E-state index in [9.17, 15) is 14.4 Å². The number of anilines is 2. The zero-order chi connectivity index (χ0) is 22.0. The minimum Gasteiger partial charge on any atom is -0.494 e. The molecule has 0 bridgehead atoms. The van der Waals surface area contributed by atoms with E-state index in [4.69, 9.17) is 17.0 Å². The van der Waals surface area contributed by atoms with Gasteiger partial charge in [-0.1, -0.05) is 12.1 Å². The van der Waals surface area contributed by atoms with E-state index in [1.807, 2.05) is 6.07 Å². The molecule has 1 saturated heterocycles. The average Bonchev–Trinajstić information content (AvgIpc) is 3.19. The second-order valence-electron chi connectivity index (χ2n) is 7.27. The molecule has 1 fully saturated rings. The summed E-state index contributed by atoms with van der Waals surface area (Å²) in [6.45, 7) is 0.810. The van der Waals surface area contributed by atoms with E-state index in [2.05, 4.69) is 10.3 Å². The Morgan fingerprint density at radius 2 is 2.03 bits per heavy atom. The van der Waals surface area contributed by atoms with Crippen molar-refractivity contribution in [3.8, 4) is 5.75 Å². The number of hydrogen-bond acceptors (Lipinski definition) is 5. The highest BCUT2D eigenvalue weighted by Gasteiger charge is 2.24. The summed E-state index contributed by atoms with van der Waals surface area (Å²) in [5.74, 6) is 0.315. The first kappa shape index (κ1) is 20.8. The smallest absolute Gasteiger partial charge is 0.262 e. The van der Waals surface area contributed by atoms with Crippen LogP contribution in [-0.4, -0.2) is 35.0 Å². The number of methoxy groups -OCH3 is 1. The molecule has 2 aromatic carbocycles. The molecule has 2 heterocycles. The van der Waals surface area contributed by atoms with E-state index in [1.54, 1.807) is 41.3 Å². The number of nitrogens with one attached hydrogen (secondary N) is 2. The van der Waals surface area contributed by atoms with E-state index < -0.39 is 0 Å². The second-order valence-corrected chi connectivity index (χ2v) is 7.65. The second kappa shape index (κ2) is 8.73. The number of benzene rings is 2. The maximum absolute atomic E-state index is 12.7. The molecular weight excluding hydrogens is 416 g/mol. The molecule has 0 radical (unpaired) electrons. The summed E-state index contributed by atoms with van der Waals surface area (Å²) in [5.41, 5.74) is 1.68. The van der Waals surface area contributed by atoms with Gasteiger partial charge in [-0.2, -0.15) is 0 Å². The van der Waals surface area contributed by atoms with Crippen molar-refractivity contribution < 1.29 is 14.3 Å². The molecule has 1 aliphatic heterocycles. The topological polar surface area (TPSA) is 96.4 Å². The number of fused-ring (bicyclic) bond motifs is 1. The Kier molecular flexibility index (Phi) is 5.85. The first-order chi connectivity index (χ1) is 15.0. The number of para-hydroxylation sites is 1. The van der Waals surface area contributed by atoms with Crippen molar-refractivity contribution in [2.45, 2.75) is 25.8 Å². The molecule has 2 amide bonds. The van der Waals surface area contributed by atoms with Crippen LogP contribution >= 0.6 is 12.2 Å². The van der Waals surface area contributed by atoms with Crippen molar-refractivity contribution in [1.29, 1.82) is 0 Å². The van der Waals surface area contributed by atoms with Gasteiger partial charge < -0.3 is 19.9 Å². The number of carbonyl (C=O) groups excluding carboxylic acids is 2. The lowest BCUT2D eigenvalue weighted by Crippen LogP contribution is -2.25. The van der Waals surface area contributed by atoms with Crippen molar-refractivity contribution >= 4 is 46.3 Å². The summed E-state index contributed by atoms with van der Waals surface area (Å²) >= 11 is 5.28. The molecule has 1 aromatic heterocycles.